The van der Waals surface area contributed by atoms with E-state index >= 15 is 0 Å². The van der Waals surface area contributed by atoms with Crippen molar-refractivity contribution < 1.29 is 23.8 Å². The normalized spacial score (nSPS) is 16.1. The third-order valence-corrected chi connectivity index (χ3v) is 2.90. The zero-order valence-electron chi connectivity index (χ0n) is 12.0. The lowest BCUT2D eigenvalue weighted by Crippen LogP contribution is -2.26. The number of amides is 2. The van der Waals surface area contributed by atoms with Crippen LogP contribution in [0.25, 0.3) is 6.08 Å². The van der Waals surface area contributed by atoms with Crippen LogP contribution in [0.1, 0.15) is 12.5 Å². The van der Waals surface area contributed by atoms with Gasteiger partial charge in [-0.15, -0.1) is 0 Å². The van der Waals surface area contributed by atoms with E-state index in [9.17, 15) is 9.59 Å². The summed E-state index contributed by atoms with van der Waals surface area (Å²) in [6.07, 6.45) is 0.688. The molecule has 0 unspecified atom stereocenters. The highest BCUT2D eigenvalue weighted by molar-refractivity contribution is 6.11. The Hall–Kier alpha value is -2.76. The standard InChI is InChI=1S/C15H15NO5/c1-9(2)16-14(17)13(21-15(16)18)7-10-5-6-11(19-3)8-12(10)20-4/h5-8H,1H2,2-4H3/b13-7+. The molecule has 6 nitrogen and oxygen atoms in total. The number of allylic oxidation sites excluding steroid dienone is 1. The highest BCUT2D eigenvalue weighted by Gasteiger charge is 2.37. The number of hydrogen-bond donors (Lipinski definition) is 0. The smallest absolute Gasteiger partial charge is 0.426 e. The maximum absolute atomic E-state index is 12.1. The molecule has 0 atom stereocenters. The molecule has 0 spiro atoms. The van der Waals surface area contributed by atoms with Crippen LogP contribution in [0.2, 0.25) is 0 Å². The van der Waals surface area contributed by atoms with Crippen molar-refractivity contribution >= 4 is 18.1 Å². The van der Waals surface area contributed by atoms with E-state index in [1.54, 1.807) is 32.2 Å². The number of cyclic esters (lactones) is 1. The lowest BCUT2D eigenvalue weighted by molar-refractivity contribution is -0.121. The summed E-state index contributed by atoms with van der Waals surface area (Å²) in [6, 6.07) is 5.09. The van der Waals surface area contributed by atoms with Crippen LogP contribution in [0.4, 0.5) is 4.79 Å². The van der Waals surface area contributed by atoms with Crippen LogP contribution >= 0.6 is 0 Å². The molecule has 1 aromatic rings. The first kappa shape index (κ1) is 14.6. The molecular formula is C15H15NO5. The van der Waals surface area contributed by atoms with Gasteiger partial charge in [0.15, 0.2) is 5.76 Å². The number of methoxy groups -OCH3 is 2. The summed E-state index contributed by atoms with van der Waals surface area (Å²) in [6.45, 7) is 5.12. The van der Waals surface area contributed by atoms with Crippen LogP contribution in [0.5, 0.6) is 11.5 Å². The number of imide groups is 1. The largest absolute Gasteiger partial charge is 0.497 e. The number of rotatable bonds is 4. The van der Waals surface area contributed by atoms with Crippen LogP contribution in [0.15, 0.2) is 36.2 Å². The van der Waals surface area contributed by atoms with E-state index in [1.165, 1.54) is 13.2 Å². The highest BCUT2D eigenvalue weighted by Crippen LogP contribution is 2.29. The molecule has 0 bridgehead atoms. The molecule has 1 fully saturated rings. The zero-order valence-corrected chi connectivity index (χ0v) is 12.0. The molecular weight excluding hydrogens is 274 g/mol. The number of carbonyl (C=O) groups is 2. The van der Waals surface area contributed by atoms with Crippen molar-refractivity contribution in [1.29, 1.82) is 0 Å². The second kappa shape index (κ2) is 5.70. The van der Waals surface area contributed by atoms with Gasteiger partial charge in [-0.05, 0) is 25.1 Å². The summed E-state index contributed by atoms with van der Waals surface area (Å²) in [5, 5.41) is 0. The Morgan fingerprint density at radius 3 is 2.52 bits per heavy atom. The Morgan fingerprint density at radius 1 is 1.29 bits per heavy atom. The molecule has 1 aromatic carbocycles. The van der Waals surface area contributed by atoms with Gasteiger partial charge in [-0.25, -0.2) is 9.69 Å². The first-order chi connectivity index (χ1) is 9.97. The maximum atomic E-state index is 12.1. The van der Waals surface area contributed by atoms with Crippen molar-refractivity contribution in [1.82, 2.24) is 4.90 Å². The lowest BCUT2D eigenvalue weighted by atomic mass is 10.1. The average molecular weight is 289 g/mol. The summed E-state index contributed by atoms with van der Waals surface area (Å²) in [4.78, 5) is 24.6. The number of nitrogens with zero attached hydrogens (tertiary/aromatic N) is 1. The Kier molecular flexibility index (Phi) is 3.98. The first-order valence-electron chi connectivity index (χ1n) is 6.13. The molecule has 0 aliphatic carbocycles. The molecule has 6 heteroatoms. The average Bonchev–Trinajstić information content (AvgIpc) is 2.73. The van der Waals surface area contributed by atoms with Crippen LogP contribution < -0.4 is 9.47 Å². The van der Waals surface area contributed by atoms with Gasteiger partial charge < -0.3 is 14.2 Å². The third-order valence-electron chi connectivity index (χ3n) is 2.90. The highest BCUT2D eigenvalue weighted by atomic mass is 16.6. The Bertz CT molecular complexity index is 647. The molecule has 21 heavy (non-hydrogen) atoms. The molecule has 2 rings (SSSR count). The van der Waals surface area contributed by atoms with E-state index in [-0.39, 0.29) is 5.76 Å². The van der Waals surface area contributed by atoms with E-state index in [0.29, 0.717) is 22.8 Å². The summed E-state index contributed by atoms with van der Waals surface area (Å²) < 4.78 is 15.3. The monoisotopic (exact) mass is 289 g/mol. The van der Waals surface area contributed by atoms with E-state index in [2.05, 4.69) is 6.58 Å². The van der Waals surface area contributed by atoms with Gasteiger partial charge in [-0.1, -0.05) is 6.58 Å². The Morgan fingerprint density at radius 2 is 2.00 bits per heavy atom. The summed E-state index contributed by atoms with van der Waals surface area (Å²) in [5.41, 5.74) is 0.896. The molecule has 0 radical (unpaired) electrons. The van der Waals surface area contributed by atoms with E-state index in [0.717, 1.165) is 4.90 Å². The predicted molar refractivity (Wildman–Crippen MR) is 75.7 cm³/mol. The summed E-state index contributed by atoms with van der Waals surface area (Å²) in [5.74, 6) is 0.489. The van der Waals surface area contributed by atoms with Gasteiger partial charge >= 0.3 is 12.0 Å². The molecule has 1 aliphatic heterocycles. The van der Waals surface area contributed by atoms with Gasteiger partial charge in [0.1, 0.15) is 11.5 Å². The number of hydrogen-bond acceptors (Lipinski definition) is 5. The predicted octanol–water partition coefficient (Wildman–Crippen LogP) is 2.56. The Labute approximate surface area is 122 Å². The summed E-state index contributed by atoms with van der Waals surface area (Å²) in [7, 11) is 3.04. The van der Waals surface area contributed by atoms with Crippen LogP contribution in [0.3, 0.4) is 0 Å². The zero-order chi connectivity index (χ0) is 15.6. The van der Waals surface area contributed by atoms with Gasteiger partial charge in [0.05, 0.1) is 14.2 Å². The molecule has 1 heterocycles. The van der Waals surface area contributed by atoms with Crippen molar-refractivity contribution in [2.75, 3.05) is 14.2 Å². The van der Waals surface area contributed by atoms with Gasteiger partial charge in [0.2, 0.25) is 0 Å². The molecule has 0 N–H and O–H groups in total. The van der Waals surface area contributed by atoms with Crippen LogP contribution in [-0.2, 0) is 9.53 Å². The van der Waals surface area contributed by atoms with Gasteiger partial charge in [-0.2, -0.15) is 0 Å². The lowest BCUT2D eigenvalue weighted by Gasteiger charge is -2.08. The molecule has 1 aliphatic rings. The molecule has 110 valence electrons. The minimum Gasteiger partial charge on any atom is -0.497 e. The second-order valence-electron chi connectivity index (χ2n) is 4.36. The van der Waals surface area contributed by atoms with Gasteiger partial charge in [-0.3, -0.25) is 4.79 Å². The fraction of sp³-hybridized carbons (Fsp3) is 0.200. The molecule has 0 saturated carbocycles. The number of benzene rings is 1. The van der Waals surface area contributed by atoms with Crippen molar-refractivity contribution in [3.8, 4) is 11.5 Å². The number of ether oxygens (including phenoxy) is 3. The van der Waals surface area contributed by atoms with Gasteiger partial charge in [0, 0.05) is 17.3 Å². The quantitative estimate of drug-likeness (QED) is 0.797. The van der Waals surface area contributed by atoms with E-state index in [4.69, 9.17) is 14.2 Å². The molecule has 1 saturated heterocycles. The SMILES string of the molecule is C=C(C)N1C(=O)O/C(=C/c2ccc(OC)cc2OC)C1=O. The fourth-order valence-corrected chi connectivity index (χ4v) is 1.88. The van der Waals surface area contributed by atoms with E-state index < -0.39 is 12.0 Å². The maximum Gasteiger partial charge on any atom is 0.426 e. The minimum atomic E-state index is -0.758. The van der Waals surface area contributed by atoms with E-state index in [1.807, 2.05) is 0 Å². The van der Waals surface area contributed by atoms with Crippen molar-refractivity contribution in [3.63, 3.8) is 0 Å². The third kappa shape index (κ3) is 2.74. The second-order valence-corrected chi connectivity index (χ2v) is 4.36. The topological polar surface area (TPSA) is 65.1 Å². The fourth-order valence-electron chi connectivity index (χ4n) is 1.88. The van der Waals surface area contributed by atoms with Crippen molar-refractivity contribution in [2.45, 2.75) is 6.92 Å². The van der Waals surface area contributed by atoms with Crippen molar-refractivity contribution in [2.24, 2.45) is 0 Å². The Balaban J connectivity index is 2.39. The van der Waals surface area contributed by atoms with Gasteiger partial charge in [0.25, 0.3) is 0 Å². The summed E-state index contributed by atoms with van der Waals surface area (Å²) >= 11 is 0. The van der Waals surface area contributed by atoms with Crippen LogP contribution in [-0.4, -0.2) is 31.1 Å². The van der Waals surface area contributed by atoms with Crippen molar-refractivity contribution in [3.05, 3.63) is 41.8 Å². The molecule has 0 aromatic heterocycles. The minimum absolute atomic E-state index is 0.0773. The first-order valence-corrected chi connectivity index (χ1v) is 6.13. The van der Waals surface area contributed by atoms with Crippen LogP contribution in [0, 0.1) is 0 Å². The number of carbonyl (C=O) groups excluding carboxylic acids is 2. The molecule has 2 amide bonds.